The Hall–Kier alpha value is -2.32. The van der Waals surface area contributed by atoms with E-state index in [-0.39, 0.29) is 5.69 Å². The number of amides is 1. The van der Waals surface area contributed by atoms with Crippen LogP contribution in [0.2, 0.25) is 0 Å². The van der Waals surface area contributed by atoms with Crippen LogP contribution in [0.1, 0.15) is 0 Å². The van der Waals surface area contributed by atoms with E-state index in [1.165, 1.54) is 17.4 Å². The number of anilines is 1. The van der Waals surface area contributed by atoms with Gasteiger partial charge in [0.1, 0.15) is 0 Å². The molecule has 2 rings (SSSR count). The van der Waals surface area contributed by atoms with Crippen LogP contribution < -0.4 is 5.32 Å². The fourth-order valence-corrected chi connectivity index (χ4v) is 1.80. The van der Waals surface area contributed by atoms with Gasteiger partial charge in [-0.2, -0.15) is 30.7 Å². The first-order valence-corrected chi connectivity index (χ1v) is 6.09. The topological polar surface area (TPSA) is 29.1 Å². The zero-order valence-corrected chi connectivity index (χ0v) is 11.1. The molecule has 0 aliphatic carbocycles. The first-order valence-electron chi connectivity index (χ1n) is 6.09. The predicted molar refractivity (Wildman–Crippen MR) is 68.5 cm³/mol. The van der Waals surface area contributed by atoms with Gasteiger partial charge in [0, 0.05) is 5.69 Å². The van der Waals surface area contributed by atoms with Crippen LogP contribution in [0.25, 0.3) is 10.8 Å². The van der Waals surface area contributed by atoms with Crippen molar-refractivity contribution in [3.8, 4) is 0 Å². The summed E-state index contributed by atoms with van der Waals surface area (Å²) in [6.07, 6.45) is -6.56. The van der Waals surface area contributed by atoms with E-state index in [0.717, 1.165) is 6.07 Å². The fraction of sp³-hybridized carbons (Fsp3) is 0.214. The number of benzene rings is 2. The molecule has 0 aliphatic rings. The number of hydrogen-bond donors (Lipinski definition) is 1. The van der Waals surface area contributed by atoms with Crippen LogP contribution in [-0.4, -0.2) is 23.9 Å². The Morgan fingerprint density at radius 1 is 0.826 bits per heavy atom. The number of hydrogen-bond acceptors (Lipinski definition) is 1. The average molecular weight is 339 g/mol. The number of rotatable bonds is 3. The minimum Gasteiger partial charge on any atom is -0.321 e. The van der Waals surface area contributed by atoms with Crippen molar-refractivity contribution < 1.29 is 35.5 Å². The van der Waals surface area contributed by atoms with E-state index < -0.39 is 23.9 Å². The molecule has 0 atom stereocenters. The Morgan fingerprint density at radius 2 is 1.39 bits per heavy atom. The molecule has 2 aromatic rings. The minimum atomic E-state index is -6.56. The number of nitrogens with one attached hydrogen (secondary N) is 1. The summed E-state index contributed by atoms with van der Waals surface area (Å²) < 4.78 is 88.1. The van der Waals surface area contributed by atoms with Gasteiger partial charge in [-0.1, -0.05) is 30.3 Å². The van der Waals surface area contributed by atoms with Crippen molar-refractivity contribution in [3.63, 3.8) is 0 Å². The Balaban J connectivity index is 2.29. The van der Waals surface area contributed by atoms with E-state index in [9.17, 15) is 35.5 Å². The molecule has 0 bridgehead atoms. The number of halogens is 7. The number of fused-ring (bicyclic) bond motifs is 1. The second-order valence-corrected chi connectivity index (χ2v) is 4.66. The quantitative estimate of drug-likeness (QED) is 0.813. The molecule has 0 heterocycles. The molecule has 0 radical (unpaired) electrons. The van der Waals surface area contributed by atoms with E-state index in [2.05, 4.69) is 0 Å². The van der Waals surface area contributed by atoms with Gasteiger partial charge in [0.25, 0.3) is 0 Å². The molecule has 2 nitrogen and oxygen atoms in total. The molecule has 0 aliphatic heterocycles. The smallest absolute Gasteiger partial charge is 0.321 e. The molecule has 9 heteroatoms. The predicted octanol–water partition coefficient (Wildman–Crippen LogP) is 4.61. The third-order valence-corrected chi connectivity index (χ3v) is 3.04. The van der Waals surface area contributed by atoms with Gasteiger partial charge in [0.15, 0.2) is 0 Å². The van der Waals surface area contributed by atoms with E-state index >= 15 is 0 Å². The molecule has 1 N–H and O–H groups in total. The van der Waals surface area contributed by atoms with Crippen molar-refractivity contribution in [1.82, 2.24) is 0 Å². The third-order valence-electron chi connectivity index (χ3n) is 3.04. The SMILES string of the molecule is O=C(Nc1ccc2ccccc2c1)C(F)(F)C(F)(F)C(F)(F)F. The number of carbonyl (C=O) groups is 1. The molecule has 0 spiro atoms. The third kappa shape index (κ3) is 2.95. The van der Waals surface area contributed by atoms with E-state index in [4.69, 9.17) is 0 Å². The second-order valence-electron chi connectivity index (χ2n) is 4.66. The molecule has 1 amide bonds. The zero-order chi connectivity index (χ0) is 17.5. The van der Waals surface area contributed by atoms with Crippen LogP contribution >= 0.6 is 0 Å². The first kappa shape index (κ1) is 17.0. The molecule has 124 valence electrons. The van der Waals surface area contributed by atoms with Crippen LogP contribution in [-0.2, 0) is 4.79 Å². The summed E-state index contributed by atoms with van der Waals surface area (Å²) in [6.45, 7) is 0. The summed E-state index contributed by atoms with van der Waals surface area (Å²) in [5.74, 6) is -15.2. The van der Waals surface area contributed by atoms with Crippen LogP contribution in [0.15, 0.2) is 42.5 Å². The highest BCUT2D eigenvalue weighted by atomic mass is 19.4. The summed E-state index contributed by atoms with van der Waals surface area (Å²) in [5, 5.41) is 2.53. The van der Waals surface area contributed by atoms with Crippen molar-refractivity contribution in [2.45, 2.75) is 18.0 Å². The van der Waals surface area contributed by atoms with Crippen LogP contribution in [0.5, 0.6) is 0 Å². The molecule has 0 saturated heterocycles. The van der Waals surface area contributed by atoms with Crippen molar-refractivity contribution in [1.29, 1.82) is 0 Å². The monoisotopic (exact) mass is 339 g/mol. The Kier molecular flexibility index (Phi) is 4.00. The molecular weight excluding hydrogens is 331 g/mol. The number of carbonyl (C=O) groups excluding carboxylic acids is 1. The highest BCUT2D eigenvalue weighted by molar-refractivity contribution is 5.99. The van der Waals surface area contributed by atoms with Crippen LogP contribution in [0, 0.1) is 0 Å². The minimum absolute atomic E-state index is 0.327. The van der Waals surface area contributed by atoms with Gasteiger partial charge in [0.05, 0.1) is 0 Å². The van der Waals surface area contributed by atoms with Gasteiger partial charge in [-0.15, -0.1) is 0 Å². The van der Waals surface area contributed by atoms with E-state index in [1.54, 1.807) is 24.3 Å². The van der Waals surface area contributed by atoms with Gasteiger partial charge in [0.2, 0.25) is 0 Å². The van der Waals surface area contributed by atoms with Crippen LogP contribution in [0.4, 0.5) is 36.4 Å². The normalized spacial score (nSPS) is 13.2. The maximum absolute atomic E-state index is 13.2. The highest BCUT2D eigenvalue weighted by Gasteiger charge is 2.76. The van der Waals surface area contributed by atoms with Gasteiger partial charge in [-0.3, -0.25) is 4.79 Å². The standard InChI is InChI=1S/C14H8F7NO/c15-12(16,13(17,18)14(19,20)21)11(23)22-10-6-5-8-3-1-2-4-9(8)7-10/h1-7H,(H,22,23). The Morgan fingerprint density at radius 3 is 1.96 bits per heavy atom. The maximum Gasteiger partial charge on any atom is 0.460 e. The Labute approximate surface area is 124 Å². The number of alkyl halides is 7. The summed E-state index contributed by atoms with van der Waals surface area (Å²) in [6, 6.07) is 10.2. The van der Waals surface area contributed by atoms with Gasteiger partial charge < -0.3 is 5.32 Å². The lowest BCUT2D eigenvalue weighted by molar-refractivity contribution is -0.343. The van der Waals surface area contributed by atoms with Gasteiger partial charge >= 0.3 is 23.9 Å². The lowest BCUT2D eigenvalue weighted by Crippen LogP contribution is -2.57. The molecule has 0 fully saturated rings. The van der Waals surface area contributed by atoms with E-state index in [1.807, 2.05) is 0 Å². The molecule has 0 aromatic heterocycles. The molecule has 2 aromatic carbocycles. The van der Waals surface area contributed by atoms with Gasteiger partial charge in [-0.25, -0.2) is 0 Å². The molecular formula is C14H8F7NO. The maximum atomic E-state index is 13.2. The highest BCUT2D eigenvalue weighted by Crippen LogP contribution is 2.46. The van der Waals surface area contributed by atoms with Crippen molar-refractivity contribution in [2.24, 2.45) is 0 Å². The fourth-order valence-electron chi connectivity index (χ4n) is 1.80. The van der Waals surface area contributed by atoms with Gasteiger partial charge in [-0.05, 0) is 22.9 Å². The largest absolute Gasteiger partial charge is 0.460 e. The molecule has 0 saturated carbocycles. The lowest BCUT2D eigenvalue weighted by Gasteiger charge is -2.27. The van der Waals surface area contributed by atoms with Crippen molar-refractivity contribution in [3.05, 3.63) is 42.5 Å². The van der Waals surface area contributed by atoms with Crippen LogP contribution in [0.3, 0.4) is 0 Å². The first-order chi connectivity index (χ1) is 10.5. The summed E-state index contributed by atoms with van der Waals surface area (Å²) in [4.78, 5) is 11.2. The molecule has 23 heavy (non-hydrogen) atoms. The molecule has 0 unspecified atom stereocenters. The Bertz CT molecular complexity index is 739. The summed E-state index contributed by atoms with van der Waals surface area (Å²) >= 11 is 0. The average Bonchev–Trinajstić information content (AvgIpc) is 2.45. The summed E-state index contributed by atoms with van der Waals surface area (Å²) in [5.41, 5.74) is -0.327. The lowest BCUT2D eigenvalue weighted by atomic mass is 10.1. The van der Waals surface area contributed by atoms with E-state index in [0.29, 0.717) is 10.8 Å². The second kappa shape index (κ2) is 5.39. The van der Waals surface area contributed by atoms with Crippen molar-refractivity contribution in [2.75, 3.05) is 5.32 Å². The summed E-state index contributed by atoms with van der Waals surface area (Å²) in [7, 11) is 0. The van der Waals surface area contributed by atoms with Crippen molar-refractivity contribution >= 4 is 22.4 Å². The zero-order valence-electron chi connectivity index (χ0n) is 11.1.